The average molecular weight is 475 g/mol. The zero-order chi connectivity index (χ0) is 23.2. The number of halogens is 1. The second-order valence-corrected chi connectivity index (χ2v) is 10.6. The molecule has 4 heteroatoms. The highest BCUT2D eigenvalue weighted by Crippen LogP contribution is 2.27. The van der Waals surface area contributed by atoms with Gasteiger partial charge in [0.05, 0.1) is 0 Å². The Hall–Kier alpha value is -1.45. The third-order valence-electron chi connectivity index (χ3n) is 5.46. The smallest absolute Gasteiger partial charge is 0.329 e. The molecule has 0 saturated carbocycles. The number of alkyl halides is 1. The highest BCUT2D eigenvalue weighted by Gasteiger charge is 2.19. The summed E-state index contributed by atoms with van der Waals surface area (Å²) in [5.41, 5.74) is 2.27. The van der Waals surface area contributed by atoms with E-state index in [1.807, 2.05) is 49.9 Å². The predicted molar refractivity (Wildman–Crippen MR) is 140 cm³/mol. The fourth-order valence-corrected chi connectivity index (χ4v) is 4.89. The first kappa shape index (κ1) is 26.8. The van der Waals surface area contributed by atoms with Crippen molar-refractivity contribution in [3.8, 4) is 16.9 Å². The highest BCUT2D eigenvalue weighted by molar-refractivity contribution is 7.99. The summed E-state index contributed by atoms with van der Waals surface area (Å²) < 4.78 is 5.41. The van der Waals surface area contributed by atoms with E-state index in [0.717, 1.165) is 11.1 Å². The topological polar surface area (TPSA) is 26.3 Å². The van der Waals surface area contributed by atoms with Gasteiger partial charge in [0, 0.05) is 4.90 Å². The minimum absolute atomic E-state index is 0.355. The number of unbranched alkanes of at least 4 members (excludes halogenated alkanes) is 7. The second-order valence-electron chi connectivity index (χ2n) is 8.89. The van der Waals surface area contributed by atoms with E-state index in [9.17, 15) is 4.79 Å². The lowest BCUT2D eigenvalue weighted by Crippen LogP contribution is -2.22. The molecular formula is C28H39ClO2S. The predicted octanol–water partition coefficient (Wildman–Crippen LogP) is 9.15. The van der Waals surface area contributed by atoms with Gasteiger partial charge in [-0.3, -0.25) is 4.79 Å². The fourth-order valence-electron chi connectivity index (χ4n) is 3.58. The van der Waals surface area contributed by atoms with Crippen molar-refractivity contribution in [2.75, 3.05) is 5.75 Å². The number of hydrogen-bond donors (Lipinski definition) is 0. The molecule has 0 aromatic heterocycles. The van der Waals surface area contributed by atoms with Crippen LogP contribution in [-0.4, -0.2) is 17.1 Å². The molecule has 0 saturated heterocycles. The van der Waals surface area contributed by atoms with Crippen LogP contribution in [0.15, 0.2) is 53.4 Å². The van der Waals surface area contributed by atoms with Gasteiger partial charge in [-0.25, -0.2) is 0 Å². The summed E-state index contributed by atoms with van der Waals surface area (Å²) in [7, 11) is 0. The van der Waals surface area contributed by atoms with Gasteiger partial charge in [0.1, 0.15) is 11.1 Å². The second kappa shape index (κ2) is 15.4. The molecular weight excluding hydrogens is 436 g/mol. The van der Waals surface area contributed by atoms with Crippen LogP contribution in [0.25, 0.3) is 11.1 Å². The number of benzene rings is 2. The third-order valence-corrected chi connectivity index (χ3v) is 6.92. The molecule has 0 aliphatic rings. The van der Waals surface area contributed by atoms with Crippen molar-refractivity contribution in [2.24, 2.45) is 5.92 Å². The Balaban J connectivity index is 1.72. The average Bonchev–Trinajstić information content (AvgIpc) is 2.78. The Morgan fingerprint density at radius 1 is 0.844 bits per heavy atom. The van der Waals surface area contributed by atoms with Crippen molar-refractivity contribution in [1.29, 1.82) is 0 Å². The summed E-state index contributed by atoms with van der Waals surface area (Å²) in [5, 5.41) is -0.606. The van der Waals surface area contributed by atoms with Crippen molar-refractivity contribution < 1.29 is 9.53 Å². The Bertz CT molecular complexity index is 771. The molecule has 2 rings (SSSR count). The zero-order valence-electron chi connectivity index (χ0n) is 19.9. The van der Waals surface area contributed by atoms with E-state index in [1.54, 1.807) is 0 Å². The maximum absolute atomic E-state index is 12.1. The summed E-state index contributed by atoms with van der Waals surface area (Å²) in [5.74, 6) is 1.69. The molecule has 0 fully saturated rings. The summed E-state index contributed by atoms with van der Waals surface area (Å²) in [4.78, 5) is 13.4. The maximum atomic E-state index is 12.1. The van der Waals surface area contributed by atoms with E-state index in [0.29, 0.717) is 18.1 Å². The van der Waals surface area contributed by atoms with E-state index < -0.39 is 5.38 Å². The van der Waals surface area contributed by atoms with Crippen LogP contribution in [0.4, 0.5) is 0 Å². The van der Waals surface area contributed by atoms with E-state index in [1.165, 1.54) is 62.0 Å². The quantitative estimate of drug-likeness (QED) is 0.0845. The van der Waals surface area contributed by atoms with E-state index in [4.69, 9.17) is 16.3 Å². The maximum Gasteiger partial charge on any atom is 0.329 e. The first-order valence-corrected chi connectivity index (χ1v) is 13.6. The van der Waals surface area contributed by atoms with Crippen molar-refractivity contribution in [3.63, 3.8) is 0 Å². The molecule has 0 N–H and O–H groups in total. The fraction of sp³-hybridized carbons (Fsp3) is 0.536. The van der Waals surface area contributed by atoms with Crippen LogP contribution < -0.4 is 4.74 Å². The van der Waals surface area contributed by atoms with Crippen LogP contribution in [0.2, 0.25) is 0 Å². The molecule has 0 aliphatic heterocycles. The molecule has 0 unspecified atom stereocenters. The van der Waals surface area contributed by atoms with Gasteiger partial charge >= 0.3 is 5.97 Å². The van der Waals surface area contributed by atoms with Gasteiger partial charge in [-0.1, -0.05) is 90.0 Å². The van der Waals surface area contributed by atoms with Crippen molar-refractivity contribution in [1.82, 2.24) is 0 Å². The molecule has 0 amide bonds. The van der Waals surface area contributed by atoms with Gasteiger partial charge in [0.25, 0.3) is 0 Å². The molecule has 2 nitrogen and oxygen atoms in total. The number of hydrogen-bond acceptors (Lipinski definition) is 3. The lowest BCUT2D eigenvalue weighted by Gasteiger charge is -2.12. The number of carbonyl (C=O) groups is 1. The monoisotopic (exact) mass is 474 g/mol. The number of carbonyl (C=O) groups excluding carboxylic acids is 1. The summed E-state index contributed by atoms with van der Waals surface area (Å²) in [6.07, 6.45) is 11.5. The van der Waals surface area contributed by atoms with Crippen molar-refractivity contribution >= 4 is 29.3 Å². The Kier molecular flexibility index (Phi) is 12.9. The Labute approximate surface area is 204 Å². The minimum atomic E-state index is -0.606. The first-order valence-electron chi connectivity index (χ1n) is 12.2. The van der Waals surface area contributed by atoms with Crippen LogP contribution in [0.5, 0.6) is 5.75 Å². The summed E-state index contributed by atoms with van der Waals surface area (Å²) in [6, 6.07) is 16.3. The summed E-state index contributed by atoms with van der Waals surface area (Å²) >= 11 is 8.07. The molecule has 0 bridgehead atoms. The number of ether oxygens (including phenoxy) is 1. The van der Waals surface area contributed by atoms with Crippen LogP contribution >= 0.6 is 23.4 Å². The lowest BCUT2D eigenvalue weighted by atomic mass is 10.1. The molecule has 2 aromatic rings. The number of esters is 1. The van der Waals surface area contributed by atoms with E-state index >= 15 is 0 Å². The Morgan fingerprint density at radius 3 is 1.94 bits per heavy atom. The molecule has 176 valence electrons. The third kappa shape index (κ3) is 10.4. The van der Waals surface area contributed by atoms with Gasteiger partial charge in [-0.05, 0) is 59.9 Å². The van der Waals surface area contributed by atoms with E-state index in [2.05, 4.69) is 31.2 Å². The number of thioether (sulfide) groups is 1. The largest absolute Gasteiger partial charge is 0.425 e. The SMILES string of the molecule is CCCCCCCCCCSc1ccc(-c2ccc(OC(=O)[C@@H](Cl)CC(C)C)cc2)cc1. The van der Waals surface area contributed by atoms with Crippen molar-refractivity contribution in [2.45, 2.75) is 88.8 Å². The van der Waals surface area contributed by atoms with Crippen LogP contribution in [-0.2, 0) is 4.79 Å². The Morgan fingerprint density at radius 2 is 1.38 bits per heavy atom. The summed E-state index contributed by atoms with van der Waals surface area (Å²) in [6.45, 7) is 6.35. The first-order chi connectivity index (χ1) is 15.5. The van der Waals surface area contributed by atoms with Gasteiger partial charge < -0.3 is 4.74 Å². The molecule has 0 radical (unpaired) electrons. The molecule has 1 atom stereocenters. The number of rotatable bonds is 15. The lowest BCUT2D eigenvalue weighted by molar-refractivity contribution is -0.134. The van der Waals surface area contributed by atoms with Crippen LogP contribution in [0.1, 0.15) is 78.6 Å². The zero-order valence-corrected chi connectivity index (χ0v) is 21.5. The van der Waals surface area contributed by atoms with Crippen LogP contribution in [0, 0.1) is 5.92 Å². The van der Waals surface area contributed by atoms with Gasteiger partial charge in [0.15, 0.2) is 0 Å². The minimum Gasteiger partial charge on any atom is -0.425 e. The van der Waals surface area contributed by atoms with Crippen molar-refractivity contribution in [3.05, 3.63) is 48.5 Å². The van der Waals surface area contributed by atoms with Gasteiger partial charge in [-0.15, -0.1) is 23.4 Å². The highest BCUT2D eigenvalue weighted by atomic mass is 35.5. The van der Waals surface area contributed by atoms with Gasteiger partial charge in [0.2, 0.25) is 0 Å². The normalized spacial score (nSPS) is 12.2. The molecule has 0 spiro atoms. The standard InChI is InChI=1S/C28H39ClO2S/c1-4-5-6-7-8-9-10-11-20-32-26-18-14-24(15-19-26)23-12-16-25(17-13-23)31-28(30)27(29)21-22(2)3/h12-19,22,27H,4-11,20-21H2,1-3H3/t27-/m0/s1. The van der Waals surface area contributed by atoms with Crippen LogP contribution in [0.3, 0.4) is 0 Å². The molecule has 2 aromatic carbocycles. The van der Waals surface area contributed by atoms with E-state index in [-0.39, 0.29) is 5.97 Å². The van der Waals surface area contributed by atoms with Gasteiger partial charge in [-0.2, -0.15) is 0 Å². The molecule has 0 aliphatic carbocycles. The molecule has 32 heavy (non-hydrogen) atoms. The molecule has 0 heterocycles.